The molecule has 6 rings (SSSR count). The molecule has 38 heavy (non-hydrogen) atoms. The van der Waals surface area contributed by atoms with Crippen molar-refractivity contribution in [2.75, 3.05) is 24.7 Å². The summed E-state index contributed by atoms with van der Waals surface area (Å²) in [6, 6.07) is 18.3. The average Bonchev–Trinajstić information content (AvgIpc) is 2.93. The van der Waals surface area contributed by atoms with Crippen LogP contribution in [-0.4, -0.2) is 43.6 Å². The number of rotatable bonds is 3. The van der Waals surface area contributed by atoms with Gasteiger partial charge in [-0.15, -0.1) is 0 Å². The highest BCUT2D eigenvalue weighted by atomic mass is 35.5. The molecule has 1 fully saturated rings. The van der Waals surface area contributed by atoms with E-state index < -0.39 is 21.6 Å². The van der Waals surface area contributed by atoms with Gasteiger partial charge in [0.05, 0.1) is 17.0 Å². The van der Waals surface area contributed by atoms with E-state index in [9.17, 15) is 17.6 Å². The molecule has 1 aromatic heterocycles. The molecule has 8 nitrogen and oxygen atoms in total. The third-order valence-electron chi connectivity index (χ3n) is 6.59. The molecule has 1 saturated heterocycles. The first-order valence-corrected chi connectivity index (χ1v) is 13.9. The Bertz CT molecular complexity index is 1590. The van der Waals surface area contributed by atoms with Crippen LogP contribution in [0.25, 0.3) is 10.9 Å². The fraction of sp³-hybridized carbons (Fsp3) is 0.259. The summed E-state index contributed by atoms with van der Waals surface area (Å²) in [6.45, 7) is 1.86. The van der Waals surface area contributed by atoms with Crippen molar-refractivity contribution in [1.29, 1.82) is 0 Å². The van der Waals surface area contributed by atoms with Gasteiger partial charge in [-0.25, -0.2) is 17.6 Å². The highest BCUT2D eigenvalue weighted by Crippen LogP contribution is 2.33. The zero-order valence-electron chi connectivity index (χ0n) is 20.3. The quantitative estimate of drug-likeness (QED) is 0.357. The Balaban J connectivity index is 0.000000222. The number of anilines is 1. The van der Waals surface area contributed by atoms with E-state index in [1.165, 1.54) is 34.8 Å². The second-order valence-corrected chi connectivity index (χ2v) is 11.4. The number of piperidine rings is 1. The molecule has 198 valence electrons. The van der Waals surface area contributed by atoms with Gasteiger partial charge in [-0.05, 0) is 67.4 Å². The van der Waals surface area contributed by atoms with Crippen molar-refractivity contribution < 1.29 is 22.0 Å². The van der Waals surface area contributed by atoms with Crippen LogP contribution in [0.4, 0.5) is 10.1 Å². The lowest BCUT2D eigenvalue weighted by atomic mass is 10.0. The molecule has 0 atom stereocenters. The number of benzene rings is 3. The summed E-state index contributed by atoms with van der Waals surface area (Å²) in [5.74, 6) is -1.000. The summed E-state index contributed by atoms with van der Waals surface area (Å²) in [6.07, 6.45) is 2.81. The van der Waals surface area contributed by atoms with E-state index in [1.54, 1.807) is 6.07 Å². The lowest BCUT2D eigenvalue weighted by Crippen LogP contribution is -2.48. The molecule has 0 amide bonds. The van der Waals surface area contributed by atoms with Gasteiger partial charge in [-0.1, -0.05) is 23.7 Å². The SMILES string of the molecule is O=S(=O)(c1ccc(F)cc1)N1CCC(N2COCc3cc(Cl)ccc32)CC1.O=c1nc2ccccc2co1. The first-order chi connectivity index (χ1) is 18.3. The van der Waals surface area contributed by atoms with E-state index in [0.29, 0.717) is 49.8 Å². The van der Waals surface area contributed by atoms with E-state index in [4.69, 9.17) is 16.3 Å². The van der Waals surface area contributed by atoms with Crippen molar-refractivity contribution in [1.82, 2.24) is 9.29 Å². The molecular formula is C27H25ClFN3O5S. The zero-order valence-corrected chi connectivity index (χ0v) is 21.9. The molecule has 2 aliphatic heterocycles. The van der Waals surface area contributed by atoms with Crippen LogP contribution in [-0.2, 0) is 21.4 Å². The van der Waals surface area contributed by atoms with Crippen LogP contribution in [0, 0.1) is 5.82 Å². The maximum absolute atomic E-state index is 13.1. The standard InChI is InChI=1S/C19H20ClFN2O3S.C8H5NO2/c20-15-1-6-19-14(11-15)12-26-13-23(19)17-7-9-22(10-8-17)27(24,25)18-4-2-16(21)3-5-18;10-8-9-7-4-2-1-3-6(7)5-11-8/h1-6,11,17H,7-10,12-13H2;1-5H. The van der Waals surface area contributed by atoms with Crippen molar-refractivity contribution >= 4 is 38.2 Å². The van der Waals surface area contributed by atoms with Crippen molar-refractivity contribution in [2.24, 2.45) is 0 Å². The molecule has 0 unspecified atom stereocenters. The van der Waals surface area contributed by atoms with Gasteiger partial charge in [0.1, 0.15) is 18.8 Å². The monoisotopic (exact) mass is 557 g/mol. The number of para-hydroxylation sites is 1. The zero-order chi connectivity index (χ0) is 26.7. The number of fused-ring (bicyclic) bond motifs is 2. The van der Waals surface area contributed by atoms with Gasteiger partial charge in [0.15, 0.2) is 0 Å². The van der Waals surface area contributed by atoms with Crippen molar-refractivity contribution in [3.8, 4) is 0 Å². The van der Waals surface area contributed by atoms with Crippen molar-refractivity contribution in [3.05, 3.63) is 99.9 Å². The molecule has 0 saturated carbocycles. The minimum Gasteiger partial charge on any atom is -0.416 e. The van der Waals surface area contributed by atoms with Crippen LogP contribution in [0.1, 0.15) is 18.4 Å². The predicted molar refractivity (Wildman–Crippen MR) is 142 cm³/mol. The molecule has 0 radical (unpaired) electrons. The molecular weight excluding hydrogens is 533 g/mol. The molecule has 0 N–H and O–H groups in total. The number of halogens is 2. The minimum absolute atomic E-state index is 0.128. The number of nitrogens with zero attached hydrogens (tertiary/aromatic N) is 3. The number of hydrogen-bond donors (Lipinski definition) is 0. The molecule has 2 aliphatic rings. The van der Waals surface area contributed by atoms with E-state index in [1.807, 2.05) is 36.4 Å². The van der Waals surface area contributed by atoms with E-state index >= 15 is 0 Å². The summed E-state index contributed by atoms with van der Waals surface area (Å²) in [5, 5.41) is 1.52. The summed E-state index contributed by atoms with van der Waals surface area (Å²) in [7, 11) is -3.60. The molecule has 4 aromatic rings. The second-order valence-electron chi connectivity index (χ2n) is 8.98. The van der Waals surface area contributed by atoms with E-state index in [-0.39, 0.29) is 10.9 Å². The molecule has 3 aromatic carbocycles. The van der Waals surface area contributed by atoms with Gasteiger partial charge in [0, 0.05) is 40.8 Å². The third-order valence-corrected chi connectivity index (χ3v) is 8.74. The minimum atomic E-state index is -3.60. The van der Waals surface area contributed by atoms with Gasteiger partial charge in [-0.3, -0.25) is 0 Å². The van der Waals surface area contributed by atoms with Crippen LogP contribution in [0.5, 0.6) is 0 Å². The highest BCUT2D eigenvalue weighted by molar-refractivity contribution is 7.89. The number of ether oxygens (including phenoxy) is 1. The molecule has 0 aliphatic carbocycles. The van der Waals surface area contributed by atoms with Crippen molar-refractivity contribution in [3.63, 3.8) is 0 Å². The topological polar surface area (TPSA) is 93.0 Å². The van der Waals surface area contributed by atoms with E-state index in [2.05, 4.69) is 14.3 Å². The normalized spacial score (nSPS) is 16.5. The lowest BCUT2D eigenvalue weighted by molar-refractivity contribution is 0.0988. The second kappa shape index (κ2) is 11.2. The smallest absolute Gasteiger partial charge is 0.416 e. The van der Waals surface area contributed by atoms with Crippen molar-refractivity contribution in [2.45, 2.75) is 30.4 Å². The number of aromatic nitrogens is 1. The molecule has 0 spiro atoms. The maximum Gasteiger partial charge on any atom is 0.439 e. The molecule has 0 bridgehead atoms. The Morgan fingerprint density at radius 3 is 2.50 bits per heavy atom. The Morgan fingerprint density at radius 1 is 1.00 bits per heavy atom. The Labute approximate surface area is 224 Å². The lowest BCUT2D eigenvalue weighted by Gasteiger charge is -2.41. The van der Waals surface area contributed by atoms with E-state index in [0.717, 1.165) is 16.6 Å². The molecule has 11 heteroatoms. The summed E-state index contributed by atoms with van der Waals surface area (Å²) < 4.78 is 50.4. The fourth-order valence-corrected chi connectivity index (χ4v) is 6.32. The predicted octanol–water partition coefficient (Wildman–Crippen LogP) is 4.81. The van der Waals surface area contributed by atoms with Crippen LogP contribution in [0.2, 0.25) is 5.02 Å². The van der Waals surface area contributed by atoms with Gasteiger partial charge < -0.3 is 14.1 Å². The first-order valence-electron chi connectivity index (χ1n) is 12.0. The Morgan fingerprint density at radius 2 is 1.74 bits per heavy atom. The summed E-state index contributed by atoms with van der Waals surface area (Å²) in [5.41, 5.74) is 2.82. The van der Waals surface area contributed by atoms with Crippen LogP contribution >= 0.6 is 11.6 Å². The third kappa shape index (κ3) is 5.73. The average molecular weight is 558 g/mol. The number of hydrogen-bond acceptors (Lipinski definition) is 7. The summed E-state index contributed by atoms with van der Waals surface area (Å²) >= 11 is 6.08. The van der Waals surface area contributed by atoms with Crippen LogP contribution in [0.15, 0.2) is 87.1 Å². The maximum atomic E-state index is 13.1. The number of sulfonamides is 1. The Kier molecular flexibility index (Phi) is 7.75. The van der Waals surface area contributed by atoms with Gasteiger partial charge in [0.2, 0.25) is 10.0 Å². The van der Waals surface area contributed by atoms with Gasteiger partial charge in [-0.2, -0.15) is 9.29 Å². The van der Waals surface area contributed by atoms with Crippen LogP contribution in [0.3, 0.4) is 0 Å². The molecule has 3 heterocycles. The summed E-state index contributed by atoms with van der Waals surface area (Å²) in [4.78, 5) is 16.6. The van der Waals surface area contributed by atoms with Gasteiger partial charge >= 0.3 is 5.76 Å². The fourth-order valence-electron chi connectivity index (χ4n) is 4.65. The highest BCUT2D eigenvalue weighted by Gasteiger charge is 2.33. The van der Waals surface area contributed by atoms with Gasteiger partial charge in [0.25, 0.3) is 0 Å². The largest absolute Gasteiger partial charge is 0.439 e. The Hall–Kier alpha value is -3.31. The first kappa shape index (κ1) is 26.3. The van der Waals surface area contributed by atoms with Crippen LogP contribution < -0.4 is 10.7 Å².